The second-order valence-corrected chi connectivity index (χ2v) is 7.32. The number of rotatable bonds is 2. The Morgan fingerprint density at radius 1 is 1.53 bits per heavy atom. The molecule has 5 nitrogen and oxygen atoms in total. The Morgan fingerprint density at radius 3 is 2.84 bits per heavy atom. The Kier molecular flexibility index (Phi) is 4.18. The van der Waals surface area contributed by atoms with Crippen LogP contribution in [0.2, 0.25) is 0 Å². The number of nitrogens with one attached hydrogen (secondary N) is 1. The van der Waals surface area contributed by atoms with Gasteiger partial charge in [-0.25, -0.2) is 4.98 Å². The lowest BCUT2D eigenvalue weighted by Gasteiger charge is -2.31. The molecule has 1 aliphatic rings. The third kappa shape index (κ3) is 3.29. The molecule has 1 aromatic rings. The molecule has 0 spiro atoms. The molecule has 19 heavy (non-hydrogen) atoms. The van der Waals surface area contributed by atoms with E-state index in [4.69, 9.17) is 0 Å². The number of aromatic amines is 1. The summed E-state index contributed by atoms with van der Waals surface area (Å²) in [5, 5.41) is 7.49. The molecule has 2 rings (SSSR count). The highest BCUT2D eigenvalue weighted by atomic mass is 32.2. The molecule has 1 saturated heterocycles. The summed E-state index contributed by atoms with van der Waals surface area (Å²) in [6.07, 6.45) is 1.09. The molecule has 0 radical (unpaired) electrons. The van der Waals surface area contributed by atoms with Crippen LogP contribution >= 0.6 is 11.8 Å². The van der Waals surface area contributed by atoms with Crippen LogP contribution in [0.4, 0.5) is 0 Å². The fourth-order valence-electron chi connectivity index (χ4n) is 1.99. The summed E-state index contributed by atoms with van der Waals surface area (Å²) < 4.78 is 0. The van der Waals surface area contributed by atoms with Gasteiger partial charge in [0.2, 0.25) is 5.82 Å². The van der Waals surface area contributed by atoms with Crippen molar-refractivity contribution in [2.45, 2.75) is 44.8 Å². The van der Waals surface area contributed by atoms with Crippen LogP contribution in [0.25, 0.3) is 0 Å². The SMILES string of the molecule is CCC1CN(C(=O)c2n[nH]c(C(C)(C)C)n2)CCS1. The first-order valence-electron chi connectivity index (χ1n) is 6.75. The van der Waals surface area contributed by atoms with Crippen molar-refractivity contribution in [1.82, 2.24) is 20.1 Å². The predicted octanol–water partition coefficient (Wildman–Crippen LogP) is 2.07. The van der Waals surface area contributed by atoms with Gasteiger partial charge >= 0.3 is 0 Å². The number of H-pyrrole nitrogens is 1. The van der Waals surface area contributed by atoms with Gasteiger partial charge in [0.1, 0.15) is 5.82 Å². The van der Waals surface area contributed by atoms with Crippen molar-refractivity contribution in [3.8, 4) is 0 Å². The highest BCUT2D eigenvalue weighted by Crippen LogP contribution is 2.22. The van der Waals surface area contributed by atoms with E-state index in [2.05, 4.69) is 22.1 Å². The smallest absolute Gasteiger partial charge is 0.293 e. The van der Waals surface area contributed by atoms with Crippen molar-refractivity contribution in [1.29, 1.82) is 0 Å². The summed E-state index contributed by atoms with van der Waals surface area (Å²) in [7, 11) is 0. The van der Waals surface area contributed by atoms with Crippen LogP contribution < -0.4 is 0 Å². The molecule has 2 heterocycles. The molecular weight excluding hydrogens is 260 g/mol. The Labute approximate surface area is 118 Å². The van der Waals surface area contributed by atoms with E-state index in [0.29, 0.717) is 11.1 Å². The quantitative estimate of drug-likeness (QED) is 0.902. The minimum atomic E-state index is -0.116. The lowest BCUT2D eigenvalue weighted by Crippen LogP contribution is -2.42. The van der Waals surface area contributed by atoms with Crippen LogP contribution in [0.15, 0.2) is 0 Å². The van der Waals surface area contributed by atoms with Gasteiger partial charge in [-0.3, -0.25) is 9.89 Å². The van der Waals surface area contributed by atoms with E-state index in [1.165, 1.54) is 0 Å². The predicted molar refractivity (Wildman–Crippen MR) is 77.5 cm³/mol. The summed E-state index contributed by atoms with van der Waals surface area (Å²) in [5.74, 6) is 2.01. The van der Waals surface area contributed by atoms with Gasteiger partial charge in [0.05, 0.1) is 0 Å². The van der Waals surface area contributed by atoms with Crippen LogP contribution in [0, 0.1) is 0 Å². The van der Waals surface area contributed by atoms with E-state index >= 15 is 0 Å². The number of thioether (sulfide) groups is 1. The van der Waals surface area contributed by atoms with Crippen molar-refractivity contribution in [2.24, 2.45) is 0 Å². The van der Waals surface area contributed by atoms with Crippen molar-refractivity contribution in [2.75, 3.05) is 18.8 Å². The molecule has 1 unspecified atom stereocenters. The van der Waals surface area contributed by atoms with Gasteiger partial charge in [-0.1, -0.05) is 27.7 Å². The molecular formula is C13H22N4OS. The van der Waals surface area contributed by atoms with E-state index in [0.717, 1.165) is 31.1 Å². The van der Waals surface area contributed by atoms with E-state index < -0.39 is 0 Å². The molecule has 1 atom stereocenters. The maximum atomic E-state index is 12.4. The zero-order valence-electron chi connectivity index (χ0n) is 12.1. The Morgan fingerprint density at radius 2 is 2.26 bits per heavy atom. The number of hydrogen-bond donors (Lipinski definition) is 1. The molecule has 1 aliphatic heterocycles. The Balaban J connectivity index is 2.09. The lowest BCUT2D eigenvalue weighted by atomic mass is 9.96. The molecule has 106 valence electrons. The van der Waals surface area contributed by atoms with Gasteiger partial charge in [0.25, 0.3) is 5.91 Å². The van der Waals surface area contributed by atoms with Crippen molar-refractivity contribution in [3.05, 3.63) is 11.6 Å². The maximum absolute atomic E-state index is 12.4. The van der Waals surface area contributed by atoms with E-state index in [9.17, 15) is 4.79 Å². The zero-order chi connectivity index (χ0) is 14.0. The molecule has 1 fully saturated rings. The summed E-state index contributed by atoms with van der Waals surface area (Å²) in [6, 6.07) is 0. The number of nitrogens with zero attached hydrogens (tertiary/aromatic N) is 3. The normalized spacial score (nSPS) is 20.6. The molecule has 1 amide bonds. The number of aromatic nitrogens is 3. The second-order valence-electron chi connectivity index (χ2n) is 5.91. The average molecular weight is 282 g/mol. The molecule has 0 saturated carbocycles. The van der Waals surface area contributed by atoms with Gasteiger partial charge in [0, 0.05) is 29.5 Å². The Hall–Kier alpha value is -1.04. The topological polar surface area (TPSA) is 61.9 Å². The summed E-state index contributed by atoms with van der Waals surface area (Å²) in [5.41, 5.74) is -0.116. The van der Waals surface area contributed by atoms with E-state index in [-0.39, 0.29) is 11.3 Å². The molecule has 0 aliphatic carbocycles. The maximum Gasteiger partial charge on any atom is 0.293 e. The monoisotopic (exact) mass is 282 g/mol. The first-order chi connectivity index (χ1) is 8.91. The van der Waals surface area contributed by atoms with Crippen molar-refractivity contribution in [3.63, 3.8) is 0 Å². The molecule has 1 N–H and O–H groups in total. The van der Waals surface area contributed by atoms with Crippen molar-refractivity contribution >= 4 is 17.7 Å². The first kappa shape index (κ1) is 14.4. The van der Waals surface area contributed by atoms with Gasteiger partial charge in [-0.15, -0.1) is 5.10 Å². The highest BCUT2D eigenvalue weighted by molar-refractivity contribution is 8.00. The summed E-state index contributed by atoms with van der Waals surface area (Å²) >= 11 is 1.95. The van der Waals surface area contributed by atoms with Gasteiger partial charge in [-0.05, 0) is 6.42 Å². The fraction of sp³-hybridized carbons (Fsp3) is 0.769. The molecule has 0 aromatic carbocycles. The second kappa shape index (κ2) is 5.53. The third-order valence-electron chi connectivity index (χ3n) is 3.27. The summed E-state index contributed by atoms with van der Waals surface area (Å²) in [4.78, 5) is 18.6. The minimum absolute atomic E-state index is 0.0505. The van der Waals surface area contributed by atoms with Crippen LogP contribution in [-0.2, 0) is 5.41 Å². The van der Waals surface area contributed by atoms with E-state index in [1.807, 2.05) is 37.4 Å². The standard InChI is InChI=1S/C13H22N4OS/c1-5-9-8-17(6-7-19-9)11(18)10-14-12(16-15-10)13(2,3)4/h9H,5-8H2,1-4H3,(H,14,15,16). The van der Waals surface area contributed by atoms with E-state index in [1.54, 1.807) is 0 Å². The van der Waals surface area contributed by atoms with Crippen molar-refractivity contribution < 1.29 is 4.79 Å². The number of hydrogen-bond acceptors (Lipinski definition) is 4. The largest absolute Gasteiger partial charge is 0.334 e. The number of amides is 1. The van der Waals surface area contributed by atoms with Crippen LogP contribution in [0.3, 0.4) is 0 Å². The van der Waals surface area contributed by atoms with Crippen LogP contribution in [0.1, 0.15) is 50.6 Å². The fourth-order valence-corrected chi connectivity index (χ4v) is 3.17. The van der Waals surface area contributed by atoms with Gasteiger partial charge in [0.15, 0.2) is 0 Å². The van der Waals surface area contributed by atoms with Gasteiger partial charge < -0.3 is 4.90 Å². The summed E-state index contributed by atoms with van der Waals surface area (Å²) in [6.45, 7) is 9.90. The average Bonchev–Trinajstić information content (AvgIpc) is 2.87. The first-order valence-corrected chi connectivity index (χ1v) is 7.80. The lowest BCUT2D eigenvalue weighted by molar-refractivity contribution is 0.0749. The third-order valence-corrected chi connectivity index (χ3v) is 4.64. The molecule has 0 bridgehead atoms. The van der Waals surface area contributed by atoms with Crippen LogP contribution in [0.5, 0.6) is 0 Å². The zero-order valence-corrected chi connectivity index (χ0v) is 12.9. The molecule has 1 aromatic heterocycles. The van der Waals surface area contributed by atoms with Gasteiger partial charge in [-0.2, -0.15) is 11.8 Å². The van der Waals surface area contributed by atoms with Crippen LogP contribution in [-0.4, -0.2) is 50.1 Å². The minimum Gasteiger partial charge on any atom is -0.334 e. The highest BCUT2D eigenvalue weighted by Gasteiger charge is 2.28. The number of carbonyl (C=O) groups excluding carboxylic acids is 1. The Bertz CT molecular complexity index is 452. The molecule has 6 heteroatoms. The number of carbonyl (C=O) groups is 1.